The lowest BCUT2D eigenvalue weighted by atomic mass is 10.1. The molecule has 0 radical (unpaired) electrons. The number of carbonyl (C=O) groups is 2. The second-order valence-electron chi connectivity index (χ2n) is 6.93. The first-order valence-corrected chi connectivity index (χ1v) is 10.1. The minimum absolute atomic E-state index is 0.106. The number of hydrogen-bond acceptors (Lipinski definition) is 5. The average Bonchev–Trinajstić information content (AvgIpc) is 2.76. The lowest BCUT2D eigenvalue weighted by Crippen LogP contribution is -2.32. The van der Waals surface area contributed by atoms with Crippen molar-refractivity contribution in [1.82, 2.24) is 20.1 Å². The Bertz CT molecular complexity index is 1080. The number of benzene rings is 1. The quantitative estimate of drug-likeness (QED) is 0.531. The fourth-order valence-corrected chi connectivity index (χ4v) is 3.10. The molecule has 2 N–H and O–H groups in total. The van der Waals surface area contributed by atoms with Gasteiger partial charge in [0, 0.05) is 31.1 Å². The highest BCUT2D eigenvalue weighted by Crippen LogP contribution is 2.13. The van der Waals surface area contributed by atoms with Gasteiger partial charge in [0.2, 0.25) is 5.91 Å². The Hall–Kier alpha value is -3.55. The predicted octanol–water partition coefficient (Wildman–Crippen LogP) is 2.74. The van der Waals surface area contributed by atoms with Gasteiger partial charge < -0.3 is 10.6 Å². The molecule has 0 aliphatic rings. The van der Waals surface area contributed by atoms with E-state index >= 15 is 0 Å². The Morgan fingerprint density at radius 1 is 1.07 bits per heavy atom. The normalized spacial score (nSPS) is 10.7. The highest BCUT2D eigenvalue weighted by molar-refractivity contribution is 6.05. The summed E-state index contributed by atoms with van der Waals surface area (Å²) in [6.45, 7) is 2.70. The molecule has 3 rings (SSSR count). The van der Waals surface area contributed by atoms with Gasteiger partial charge in [0.15, 0.2) is 5.69 Å². The molecule has 2 aromatic heterocycles. The molecule has 2 amide bonds. The minimum Gasteiger partial charge on any atom is -0.350 e. The van der Waals surface area contributed by atoms with E-state index in [2.05, 4.69) is 27.6 Å². The molecule has 1 aromatic carbocycles. The van der Waals surface area contributed by atoms with Crippen LogP contribution in [0.2, 0.25) is 0 Å². The van der Waals surface area contributed by atoms with Crippen molar-refractivity contribution in [1.29, 1.82) is 0 Å². The fourth-order valence-electron chi connectivity index (χ4n) is 3.10. The average molecular weight is 407 g/mol. The molecule has 0 aliphatic heterocycles. The lowest BCUT2D eigenvalue weighted by molar-refractivity contribution is -0.116. The van der Waals surface area contributed by atoms with E-state index in [9.17, 15) is 14.4 Å². The Morgan fingerprint density at radius 3 is 2.60 bits per heavy atom. The number of aromatic nitrogens is 3. The smallest absolute Gasteiger partial charge is 0.274 e. The van der Waals surface area contributed by atoms with Crippen molar-refractivity contribution in [3.8, 4) is 0 Å². The van der Waals surface area contributed by atoms with Gasteiger partial charge in [0.25, 0.3) is 11.5 Å². The van der Waals surface area contributed by atoms with E-state index in [4.69, 9.17) is 0 Å². The number of pyridine rings is 1. The van der Waals surface area contributed by atoms with Crippen molar-refractivity contribution < 1.29 is 9.59 Å². The fraction of sp³-hybridized carbons (Fsp3) is 0.318. The molecule has 0 fully saturated rings. The van der Waals surface area contributed by atoms with Crippen LogP contribution < -0.4 is 16.2 Å². The standard InChI is InChI=1S/C22H25N5O3/c1-2-3-6-14-27-22(30)18-10-5-4-9-17(18)20(26-27)21(29)24-13-11-19(28)25-16-8-7-12-23-15-16/h4-5,7-10,12,15H,2-3,6,11,13-14H2,1H3,(H,24,29)(H,25,28). The number of carbonyl (C=O) groups excluding carboxylic acids is 2. The van der Waals surface area contributed by atoms with Crippen molar-refractivity contribution in [2.75, 3.05) is 11.9 Å². The first-order valence-electron chi connectivity index (χ1n) is 10.1. The van der Waals surface area contributed by atoms with Crippen LogP contribution >= 0.6 is 0 Å². The molecule has 8 nitrogen and oxygen atoms in total. The number of aryl methyl sites for hydroxylation is 1. The number of fused-ring (bicyclic) bond motifs is 1. The second kappa shape index (κ2) is 10.3. The molecule has 3 aromatic rings. The number of amides is 2. The molecule has 0 bridgehead atoms. The number of nitrogens with one attached hydrogen (secondary N) is 2. The topological polar surface area (TPSA) is 106 Å². The van der Waals surface area contributed by atoms with Gasteiger partial charge >= 0.3 is 0 Å². The van der Waals surface area contributed by atoms with E-state index in [1.165, 1.54) is 4.68 Å². The van der Waals surface area contributed by atoms with Crippen LogP contribution in [0.3, 0.4) is 0 Å². The summed E-state index contributed by atoms with van der Waals surface area (Å²) < 4.78 is 1.36. The third-order valence-electron chi connectivity index (χ3n) is 4.64. The van der Waals surface area contributed by atoms with Gasteiger partial charge in [-0.25, -0.2) is 4.68 Å². The van der Waals surface area contributed by atoms with Crippen LogP contribution in [0.5, 0.6) is 0 Å². The van der Waals surface area contributed by atoms with Gasteiger partial charge in [-0.15, -0.1) is 0 Å². The van der Waals surface area contributed by atoms with Crippen LogP contribution in [-0.4, -0.2) is 33.1 Å². The Labute approximate surface area is 174 Å². The largest absolute Gasteiger partial charge is 0.350 e. The van der Waals surface area contributed by atoms with Crippen LogP contribution in [0.25, 0.3) is 10.8 Å². The lowest BCUT2D eigenvalue weighted by Gasteiger charge is -2.11. The number of anilines is 1. The van der Waals surface area contributed by atoms with Crippen molar-refractivity contribution in [3.05, 3.63) is 64.8 Å². The van der Waals surface area contributed by atoms with Crippen LogP contribution in [0.4, 0.5) is 5.69 Å². The molecule has 156 valence electrons. The van der Waals surface area contributed by atoms with Crippen LogP contribution in [-0.2, 0) is 11.3 Å². The summed E-state index contributed by atoms with van der Waals surface area (Å²) in [6, 6.07) is 10.4. The van der Waals surface area contributed by atoms with Gasteiger partial charge in [0.05, 0.1) is 17.3 Å². The molecule has 0 atom stereocenters. The van der Waals surface area contributed by atoms with Crippen LogP contribution in [0, 0.1) is 0 Å². The van der Waals surface area contributed by atoms with E-state index < -0.39 is 5.91 Å². The Balaban J connectivity index is 1.70. The monoisotopic (exact) mass is 407 g/mol. The molecule has 0 saturated heterocycles. The molecule has 0 aliphatic carbocycles. The number of nitrogens with zero attached hydrogens (tertiary/aromatic N) is 3. The SMILES string of the molecule is CCCCCn1nc(C(=O)NCCC(=O)Nc2cccnc2)c2ccccc2c1=O. The summed E-state index contributed by atoms with van der Waals surface area (Å²) in [6.07, 6.45) is 6.10. The van der Waals surface area contributed by atoms with E-state index in [0.717, 1.165) is 19.3 Å². The highest BCUT2D eigenvalue weighted by Gasteiger charge is 2.16. The van der Waals surface area contributed by atoms with Crippen molar-refractivity contribution >= 4 is 28.3 Å². The summed E-state index contributed by atoms with van der Waals surface area (Å²) in [5.74, 6) is -0.643. The number of hydrogen-bond donors (Lipinski definition) is 2. The first kappa shape index (κ1) is 21.2. The van der Waals surface area contributed by atoms with E-state index in [-0.39, 0.29) is 30.1 Å². The Kier molecular flexibility index (Phi) is 7.26. The van der Waals surface area contributed by atoms with E-state index in [1.807, 2.05) is 0 Å². The minimum atomic E-state index is -0.412. The number of rotatable bonds is 9. The zero-order chi connectivity index (χ0) is 21.3. The highest BCUT2D eigenvalue weighted by atomic mass is 16.2. The third kappa shape index (κ3) is 5.28. The summed E-state index contributed by atoms with van der Waals surface area (Å²) >= 11 is 0. The zero-order valence-electron chi connectivity index (χ0n) is 16.9. The van der Waals surface area contributed by atoms with E-state index in [1.54, 1.807) is 48.8 Å². The maximum Gasteiger partial charge on any atom is 0.274 e. The maximum atomic E-state index is 12.8. The van der Waals surface area contributed by atoms with Crippen molar-refractivity contribution in [3.63, 3.8) is 0 Å². The molecule has 8 heteroatoms. The molecular weight excluding hydrogens is 382 g/mol. The third-order valence-corrected chi connectivity index (χ3v) is 4.64. The molecular formula is C22H25N5O3. The van der Waals surface area contributed by atoms with Crippen molar-refractivity contribution in [2.24, 2.45) is 0 Å². The van der Waals surface area contributed by atoms with Gasteiger partial charge in [-0.1, -0.05) is 38.0 Å². The number of unbranched alkanes of at least 4 members (excludes halogenated alkanes) is 2. The van der Waals surface area contributed by atoms with Gasteiger partial charge in [-0.2, -0.15) is 5.10 Å². The Morgan fingerprint density at radius 2 is 1.87 bits per heavy atom. The predicted molar refractivity (Wildman–Crippen MR) is 115 cm³/mol. The second-order valence-corrected chi connectivity index (χ2v) is 6.93. The van der Waals surface area contributed by atoms with Gasteiger partial charge in [-0.05, 0) is 24.6 Å². The van der Waals surface area contributed by atoms with Gasteiger partial charge in [0.1, 0.15) is 0 Å². The summed E-state index contributed by atoms with van der Waals surface area (Å²) in [5, 5.41) is 10.7. The van der Waals surface area contributed by atoms with Crippen LogP contribution in [0.1, 0.15) is 43.1 Å². The van der Waals surface area contributed by atoms with Crippen LogP contribution in [0.15, 0.2) is 53.6 Å². The summed E-state index contributed by atoms with van der Waals surface area (Å²) in [7, 11) is 0. The van der Waals surface area contributed by atoms with E-state index in [0.29, 0.717) is 23.0 Å². The van der Waals surface area contributed by atoms with Crippen molar-refractivity contribution in [2.45, 2.75) is 39.2 Å². The summed E-state index contributed by atoms with van der Waals surface area (Å²) in [5.41, 5.74) is 0.587. The first-order chi connectivity index (χ1) is 14.6. The maximum absolute atomic E-state index is 12.8. The molecule has 0 spiro atoms. The summed E-state index contributed by atoms with van der Waals surface area (Å²) in [4.78, 5) is 41.4. The molecule has 0 unspecified atom stereocenters. The zero-order valence-corrected chi connectivity index (χ0v) is 16.9. The molecule has 2 heterocycles. The van der Waals surface area contributed by atoms with Gasteiger partial charge in [-0.3, -0.25) is 19.4 Å². The molecule has 0 saturated carbocycles. The molecule has 30 heavy (non-hydrogen) atoms.